The molecule has 3 heteroatoms. The number of hydrogen-bond acceptors (Lipinski definition) is 1. The van der Waals surface area contributed by atoms with E-state index in [0.29, 0.717) is 6.10 Å². The molecule has 0 spiro atoms. The average molecular weight is 191 g/mol. The summed E-state index contributed by atoms with van der Waals surface area (Å²) in [6, 6.07) is 0. The van der Waals surface area contributed by atoms with E-state index in [1.54, 1.807) is 7.11 Å². The fourth-order valence-corrected chi connectivity index (χ4v) is 0.118. The molecule has 0 aliphatic carbocycles. The minimum absolute atomic E-state index is 0. The Morgan fingerprint density at radius 1 is 1.62 bits per heavy atom. The van der Waals surface area contributed by atoms with Gasteiger partial charge in [-0.2, -0.15) is 6.42 Å². The van der Waals surface area contributed by atoms with Crippen LogP contribution in [0.25, 0.3) is 0 Å². The van der Waals surface area contributed by atoms with Crippen LogP contribution >= 0.6 is 0 Å². The second kappa shape index (κ2) is 11.1. The van der Waals surface area contributed by atoms with Gasteiger partial charge in [0.05, 0.1) is 0 Å². The van der Waals surface area contributed by atoms with Crippen LogP contribution in [0.4, 0.5) is 0 Å². The molecule has 1 atom stereocenters. The van der Waals surface area contributed by atoms with Crippen molar-refractivity contribution in [1.29, 1.82) is 0 Å². The second-order valence-electron chi connectivity index (χ2n) is 1.33. The van der Waals surface area contributed by atoms with Crippen molar-refractivity contribution in [2.24, 2.45) is 0 Å². The van der Waals surface area contributed by atoms with Gasteiger partial charge < -0.3 is 28.6 Å². The molecule has 0 fully saturated rings. The molecule has 0 aliphatic heterocycles. The summed E-state index contributed by atoms with van der Waals surface area (Å²) in [7, 11) is 1.69. The van der Waals surface area contributed by atoms with E-state index in [1.165, 1.54) is 0 Å². The molecule has 46 valence electrons. The summed E-state index contributed by atoms with van der Waals surface area (Å²) in [5, 5.41) is 0. The van der Waals surface area contributed by atoms with Crippen molar-refractivity contribution in [3.63, 3.8) is 0 Å². The van der Waals surface area contributed by atoms with Crippen molar-refractivity contribution in [3.8, 4) is 0 Å². The maximum Gasteiger partial charge on any atom is 2.00 e. The second-order valence-corrected chi connectivity index (χ2v) is 1.33. The molecule has 0 aromatic rings. The van der Waals surface area contributed by atoms with E-state index in [4.69, 9.17) is 4.74 Å². The number of rotatable bonds is 2. The topological polar surface area (TPSA) is 9.23 Å². The van der Waals surface area contributed by atoms with Gasteiger partial charge in [0.2, 0.25) is 0 Å². The zero-order valence-corrected chi connectivity index (χ0v) is 8.49. The van der Waals surface area contributed by atoms with Crippen molar-refractivity contribution in [2.45, 2.75) is 19.4 Å². The van der Waals surface area contributed by atoms with Crippen LogP contribution in [0.5, 0.6) is 0 Å². The molecular weight excluding hydrogens is 180 g/mol. The number of halogens is 1. The third-order valence-corrected chi connectivity index (χ3v) is 0.809. The first-order valence-corrected chi connectivity index (χ1v) is 2.13. The number of ether oxygens (including phenoxy) is 1. The first-order chi connectivity index (χ1) is 2.81. The Kier molecular flexibility index (Phi) is 22.3. The standard InChI is InChI=1S/C5H11O.BrH.Mg/c1-4-5(2)6-3;;/h5H,1,4H2,2-3H3;1H;/q-1;;+2/p-1. The van der Waals surface area contributed by atoms with Gasteiger partial charge in [0, 0.05) is 13.2 Å². The van der Waals surface area contributed by atoms with Crippen molar-refractivity contribution in [2.75, 3.05) is 7.11 Å². The molecule has 8 heavy (non-hydrogen) atoms. The third kappa shape index (κ3) is 10.2. The Hall–Kier alpha value is 1.21. The predicted molar refractivity (Wildman–Crippen MR) is 32.2 cm³/mol. The molecule has 0 N–H and O–H groups in total. The normalized spacial score (nSPS) is 10.9. The zero-order valence-electron chi connectivity index (χ0n) is 5.48. The molecule has 0 radical (unpaired) electrons. The molecule has 1 nitrogen and oxygen atoms in total. The molecule has 0 saturated carbocycles. The summed E-state index contributed by atoms with van der Waals surface area (Å²) >= 11 is 0. The van der Waals surface area contributed by atoms with Crippen molar-refractivity contribution in [1.82, 2.24) is 0 Å². The number of hydrogen-bond donors (Lipinski definition) is 0. The van der Waals surface area contributed by atoms with Crippen LogP contribution in [0, 0.1) is 6.92 Å². The Morgan fingerprint density at radius 3 is 2.00 bits per heavy atom. The van der Waals surface area contributed by atoms with Gasteiger partial charge in [0.25, 0.3) is 0 Å². The molecule has 0 rings (SSSR count). The minimum Gasteiger partial charge on any atom is -1.00 e. The van der Waals surface area contributed by atoms with E-state index in [2.05, 4.69) is 6.92 Å². The van der Waals surface area contributed by atoms with Crippen LogP contribution in [-0.2, 0) is 4.74 Å². The first kappa shape index (κ1) is 16.1. The molecule has 0 amide bonds. The van der Waals surface area contributed by atoms with Gasteiger partial charge in [0.15, 0.2) is 0 Å². The SMILES string of the molecule is [Br-].[CH2-]CC(C)OC.[Mg+2]. The van der Waals surface area contributed by atoms with Gasteiger partial charge in [-0.05, 0) is 6.92 Å². The summed E-state index contributed by atoms with van der Waals surface area (Å²) in [6.07, 6.45) is 1.18. The summed E-state index contributed by atoms with van der Waals surface area (Å²) in [6.45, 7) is 5.62. The summed E-state index contributed by atoms with van der Waals surface area (Å²) in [5.74, 6) is 0. The number of methoxy groups -OCH3 is 1. The Balaban J connectivity index is -0.000000125. The predicted octanol–water partition coefficient (Wildman–Crippen LogP) is -2.13. The van der Waals surface area contributed by atoms with Gasteiger partial charge in [0.1, 0.15) is 0 Å². The molecule has 0 bridgehead atoms. The van der Waals surface area contributed by atoms with Gasteiger partial charge in [-0.1, -0.05) is 0 Å². The fourth-order valence-electron chi connectivity index (χ4n) is 0.118. The molecule has 0 aromatic carbocycles. The van der Waals surface area contributed by atoms with Crippen LogP contribution in [-0.4, -0.2) is 36.3 Å². The fraction of sp³-hybridized carbons (Fsp3) is 0.800. The summed E-state index contributed by atoms with van der Waals surface area (Å²) in [5.41, 5.74) is 0. The van der Waals surface area contributed by atoms with Gasteiger partial charge in [-0.3, -0.25) is 0 Å². The zero-order chi connectivity index (χ0) is 4.99. The van der Waals surface area contributed by atoms with E-state index in [0.717, 1.165) is 6.42 Å². The van der Waals surface area contributed by atoms with Crippen LogP contribution in [0.3, 0.4) is 0 Å². The molecular formula is C5H11BrMgO. The maximum absolute atomic E-state index is 4.84. The van der Waals surface area contributed by atoms with Crippen molar-refractivity contribution in [3.05, 3.63) is 6.92 Å². The minimum atomic E-state index is 0. The molecule has 0 saturated heterocycles. The first-order valence-electron chi connectivity index (χ1n) is 2.13. The third-order valence-electron chi connectivity index (χ3n) is 0.809. The summed E-state index contributed by atoms with van der Waals surface area (Å²) < 4.78 is 4.84. The van der Waals surface area contributed by atoms with Crippen LogP contribution in [0.1, 0.15) is 13.3 Å². The van der Waals surface area contributed by atoms with E-state index in [-0.39, 0.29) is 40.0 Å². The van der Waals surface area contributed by atoms with E-state index >= 15 is 0 Å². The smallest absolute Gasteiger partial charge is 1.00 e. The van der Waals surface area contributed by atoms with Crippen LogP contribution in [0.2, 0.25) is 0 Å². The van der Waals surface area contributed by atoms with Crippen molar-refractivity contribution >= 4 is 23.1 Å². The van der Waals surface area contributed by atoms with Gasteiger partial charge in [-0.15, -0.1) is 0 Å². The van der Waals surface area contributed by atoms with Gasteiger partial charge in [-0.25, -0.2) is 0 Å². The van der Waals surface area contributed by atoms with Gasteiger partial charge >= 0.3 is 23.1 Å². The largest absolute Gasteiger partial charge is 2.00 e. The average Bonchev–Trinajstić information content (AvgIpc) is 1.65. The van der Waals surface area contributed by atoms with Crippen LogP contribution < -0.4 is 17.0 Å². The monoisotopic (exact) mass is 190 g/mol. The Morgan fingerprint density at radius 2 is 2.00 bits per heavy atom. The molecule has 0 heterocycles. The van der Waals surface area contributed by atoms with E-state index in [1.807, 2.05) is 6.92 Å². The molecule has 0 aliphatic rings. The molecule has 0 aromatic heterocycles. The van der Waals surface area contributed by atoms with Crippen LogP contribution in [0.15, 0.2) is 0 Å². The van der Waals surface area contributed by atoms with E-state index in [9.17, 15) is 0 Å². The Labute approximate surface area is 78.1 Å². The molecule has 1 unspecified atom stereocenters. The maximum atomic E-state index is 4.84. The van der Waals surface area contributed by atoms with Crippen molar-refractivity contribution < 1.29 is 21.7 Å². The summed E-state index contributed by atoms with van der Waals surface area (Å²) in [4.78, 5) is 0. The Bertz CT molecular complexity index is 31.6. The van der Waals surface area contributed by atoms with E-state index < -0.39 is 0 Å². The quantitative estimate of drug-likeness (QED) is 0.358.